The highest BCUT2D eigenvalue weighted by molar-refractivity contribution is 7.99. The molecule has 2 aromatic rings. The zero-order valence-corrected chi connectivity index (χ0v) is 11.5. The minimum atomic E-state index is -0.506. The van der Waals surface area contributed by atoms with Crippen molar-refractivity contribution in [3.63, 3.8) is 0 Å². The van der Waals surface area contributed by atoms with Gasteiger partial charge in [-0.15, -0.1) is 0 Å². The summed E-state index contributed by atoms with van der Waals surface area (Å²) < 4.78 is 4.65. The maximum absolute atomic E-state index is 11.5. The van der Waals surface area contributed by atoms with E-state index in [1.54, 1.807) is 18.3 Å². The van der Waals surface area contributed by atoms with Crippen molar-refractivity contribution < 1.29 is 9.53 Å². The van der Waals surface area contributed by atoms with Gasteiger partial charge in [0.2, 0.25) is 0 Å². The van der Waals surface area contributed by atoms with E-state index in [0.717, 1.165) is 0 Å². The number of nitrogens with zero attached hydrogens (tertiary/aromatic N) is 2. The molecule has 7 heteroatoms. The molecule has 19 heavy (non-hydrogen) atoms. The van der Waals surface area contributed by atoms with E-state index in [1.165, 1.54) is 31.1 Å². The van der Waals surface area contributed by atoms with Gasteiger partial charge in [-0.25, -0.2) is 14.8 Å². The Balaban J connectivity index is 2.37. The quantitative estimate of drug-likeness (QED) is 0.877. The monoisotopic (exact) mass is 295 g/mol. The Morgan fingerprint density at radius 2 is 2.05 bits per heavy atom. The van der Waals surface area contributed by atoms with E-state index in [0.29, 0.717) is 15.1 Å². The third-order valence-corrected chi connectivity index (χ3v) is 3.73. The zero-order valence-electron chi connectivity index (χ0n) is 9.96. The lowest BCUT2D eigenvalue weighted by Crippen LogP contribution is -2.07. The molecule has 0 aliphatic heterocycles. The number of methoxy groups -OCH3 is 1. The number of nitrogen functional groups attached to an aromatic ring is 1. The summed E-state index contributed by atoms with van der Waals surface area (Å²) in [4.78, 5) is 19.8. The molecule has 0 atom stereocenters. The first-order valence-corrected chi connectivity index (χ1v) is 6.44. The molecule has 0 saturated carbocycles. The number of pyridine rings is 2. The standard InChI is InChI=1S/C12H10ClN3O2S/c1-18-12(17)7-4-6-16-11(9(7)14)19-10-8(13)3-2-5-15-10/h2-6H,14H2,1H3. The molecule has 2 heterocycles. The summed E-state index contributed by atoms with van der Waals surface area (Å²) in [6, 6.07) is 4.95. The fourth-order valence-corrected chi connectivity index (χ4v) is 2.39. The fraction of sp³-hybridized carbons (Fsp3) is 0.0833. The van der Waals surface area contributed by atoms with Crippen LogP contribution < -0.4 is 5.73 Å². The largest absolute Gasteiger partial charge is 0.465 e. The van der Waals surface area contributed by atoms with Crippen LogP contribution in [0, 0.1) is 0 Å². The van der Waals surface area contributed by atoms with Gasteiger partial charge in [-0.3, -0.25) is 0 Å². The number of anilines is 1. The Hall–Kier alpha value is -1.79. The van der Waals surface area contributed by atoms with Crippen LogP contribution in [0.4, 0.5) is 5.69 Å². The number of nitrogens with two attached hydrogens (primary N) is 1. The van der Waals surface area contributed by atoms with Crippen molar-refractivity contribution in [2.24, 2.45) is 0 Å². The zero-order chi connectivity index (χ0) is 13.8. The van der Waals surface area contributed by atoms with Gasteiger partial charge in [0.15, 0.2) is 0 Å². The first kappa shape index (κ1) is 13.6. The Kier molecular flexibility index (Phi) is 4.24. The number of hydrogen-bond donors (Lipinski definition) is 1. The summed E-state index contributed by atoms with van der Waals surface area (Å²) in [6.07, 6.45) is 3.11. The number of hydrogen-bond acceptors (Lipinski definition) is 6. The van der Waals surface area contributed by atoms with Crippen LogP contribution in [0.25, 0.3) is 0 Å². The first-order valence-electron chi connectivity index (χ1n) is 5.24. The van der Waals surface area contributed by atoms with E-state index in [9.17, 15) is 4.79 Å². The molecule has 0 radical (unpaired) electrons. The van der Waals surface area contributed by atoms with Crippen LogP contribution in [-0.2, 0) is 4.74 Å². The van der Waals surface area contributed by atoms with Crippen molar-refractivity contribution >= 4 is 35.0 Å². The Morgan fingerprint density at radius 3 is 2.74 bits per heavy atom. The second kappa shape index (κ2) is 5.90. The van der Waals surface area contributed by atoms with Crippen LogP contribution in [0.3, 0.4) is 0 Å². The molecule has 0 aliphatic carbocycles. The second-order valence-corrected chi connectivity index (χ2v) is 4.85. The summed E-state index contributed by atoms with van der Waals surface area (Å²) >= 11 is 7.21. The van der Waals surface area contributed by atoms with Crippen molar-refractivity contribution in [1.82, 2.24) is 9.97 Å². The highest BCUT2D eigenvalue weighted by Gasteiger charge is 2.15. The van der Waals surface area contributed by atoms with Crippen molar-refractivity contribution in [3.8, 4) is 0 Å². The van der Waals surface area contributed by atoms with Crippen LogP contribution in [0.1, 0.15) is 10.4 Å². The molecule has 98 valence electrons. The second-order valence-electron chi connectivity index (χ2n) is 3.46. The molecule has 0 aliphatic rings. The van der Waals surface area contributed by atoms with Gasteiger partial charge in [0, 0.05) is 12.4 Å². The molecule has 0 aromatic carbocycles. The van der Waals surface area contributed by atoms with Gasteiger partial charge in [-0.1, -0.05) is 11.6 Å². The molecule has 0 amide bonds. The molecule has 0 saturated heterocycles. The average Bonchev–Trinajstić information content (AvgIpc) is 2.42. The smallest absolute Gasteiger partial charge is 0.340 e. The predicted octanol–water partition coefficient (Wildman–Crippen LogP) is 2.65. The summed E-state index contributed by atoms with van der Waals surface area (Å²) in [5.74, 6) is -0.506. The summed E-state index contributed by atoms with van der Waals surface area (Å²) in [6.45, 7) is 0. The Morgan fingerprint density at radius 1 is 1.32 bits per heavy atom. The molecule has 5 nitrogen and oxygen atoms in total. The maximum Gasteiger partial charge on any atom is 0.340 e. The normalized spacial score (nSPS) is 10.2. The Labute approximate surface area is 119 Å². The molecule has 0 spiro atoms. The highest BCUT2D eigenvalue weighted by Crippen LogP contribution is 2.34. The molecule has 0 bridgehead atoms. The third-order valence-electron chi connectivity index (χ3n) is 2.28. The van der Waals surface area contributed by atoms with Crippen molar-refractivity contribution in [3.05, 3.63) is 41.2 Å². The third kappa shape index (κ3) is 2.97. The summed E-state index contributed by atoms with van der Waals surface area (Å²) in [5, 5.41) is 1.53. The van der Waals surface area contributed by atoms with Crippen LogP contribution in [0.2, 0.25) is 5.02 Å². The van der Waals surface area contributed by atoms with E-state index in [-0.39, 0.29) is 11.3 Å². The van der Waals surface area contributed by atoms with Gasteiger partial charge in [-0.05, 0) is 30.0 Å². The van der Waals surface area contributed by atoms with Gasteiger partial charge >= 0.3 is 5.97 Å². The highest BCUT2D eigenvalue weighted by atomic mass is 35.5. The molecule has 2 N–H and O–H groups in total. The van der Waals surface area contributed by atoms with E-state index < -0.39 is 5.97 Å². The molecule has 0 unspecified atom stereocenters. The van der Waals surface area contributed by atoms with E-state index >= 15 is 0 Å². The number of halogens is 1. The fourth-order valence-electron chi connectivity index (χ4n) is 1.36. The van der Waals surface area contributed by atoms with E-state index in [1.807, 2.05) is 0 Å². The van der Waals surface area contributed by atoms with Gasteiger partial charge in [0.1, 0.15) is 10.1 Å². The SMILES string of the molecule is COC(=O)c1ccnc(Sc2ncccc2Cl)c1N. The van der Waals surface area contributed by atoms with E-state index in [2.05, 4.69) is 14.7 Å². The minimum Gasteiger partial charge on any atom is -0.465 e. The Bertz CT molecular complexity index is 622. The summed E-state index contributed by atoms with van der Waals surface area (Å²) in [7, 11) is 1.30. The van der Waals surface area contributed by atoms with Crippen LogP contribution >= 0.6 is 23.4 Å². The average molecular weight is 296 g/mol. The number of carbonyl (C=O) groups excluding carboxylic acids is 1. The molecule has 2 aromatic heterocycles. The molecule has 2 rings (SSSR count). The number of aromatic nitrogens is 2. The van der Waals surface area contributed by atoms with Gasteiger partial charge in [-0.2, -0.15) is 0 Å². The number of carbonyl (C=O) groups is 1. The van der Waals surface area contributed by atoms with Crippen LogP contribution in [0.5, 0.6) is 0 Å². The molecular weight excluding hydrogens is 286 g/mol. The van der Waals surface area contributed by atoms with Crippen LogP contribution in [-0.4, -0.2) is 23.0 Å². The first-order chi connectivity index (χ1) is 9.13. The molecule has 0 fully saturated rings. The maximum atomic E-state index is 11.5. The number of ether oxygens (including phenoxy) is 1. The van der Waals surface area contributed by atoms with Crippen molar-refractivity contribution in [2.45, 2.75) is 10.1 Å². The topological polar surface area (TPSA) is 78.1 Å². The predicted molar refractivity (Wildman–Crippen MR) is 73.4 cm³/mol. The van der Waals surface area contributed by atoms with Gasteiger partial charge in [0.25, 0.3) is 0 Å². The minimum absolute atomic E-state index is 0.251. The lowest BCUT2D eigenvalue weighted by Gasteiger charge is -2.08. The van der Waals surface area contributed by atoms with E-state index in [4.69, 9.17) is 17.3 Å². The van der Waals surface area contributed by atoms with Crippen LogP contribution in [0.15, 0.2) is 40.6 Å². The van der Waals surface area contributed by atoms with Gasteiger partial charge in [0.05, 0.1) is 23.4 Å². The van der Waals surface area contributed by atoms with Crippen molar-refractivity contribution in [2.75, 3.05) is 12.8 Å². The summed E-state index contributed by atoms with van der Waals surface area (Å²) in [5.41, 5.74) is 6.42. The molecular formula is C12H10ClN3O2S. The lowest BCUT2D eigenvalue weighted by molar-refractivity contribution is 0.0601. The number of rotatable bonds is 3. The van der Waals surface area contributed by atoms with Crippen molar-refractivity contribution in [1.29, 1.82) is 0 Å². The number of esters is 1. The van der Waals surface area contributed by atoms with Gasteiger partial charge < -0.3 is 10.5 Å². The lowest BCUT2D eigenvalue weighted by atomic mass is 10.2.